The van der Waals surface area contributed by atoms with E-state index in [4.69, 9.17) is 0 Å². The summed E-state index contributed by atoms with van der Waals surface area (Å²) in [7, 11) is 1.64. The molecule has 1 amide bonds. The van der Waals surface area contributed by atoms with Crippen LogP contribution in [0, 0.1) is 0 Å². The second-order valence-electron chi connectivity index (χ2n) is 4.78. The van der Waals surface area contributed by atoms with Crippen molar-refractivity contribution in [1.82, 2.24) is 15.1 Å². The van der Waals surface area contributed by atoms with E-state index in [0.29, 0.717) is 6.42 Å². The fourth-order valence-corrected chi connectivity index (χ4v) is 2.62. The lowest BCUT2D eigenvalue weighted by atomic mass is 10.1. The van der Waals surface area contributed by atoms with E-state index in [1.54, 1.807) is 7.05 Å². The van der Waals surface area contributed by atoms with Crippen LogP contribution < -0.4 is 5.32 Å². The van der Waals surface area contributed by atoms with Crippen molar-refractivity contribution in [2.45, 2.75) is 6.42 Å². The fourth-order valence-electron chi connectivity index (χ4n) is 2.24. The third-order valence-corrected chi connectivity index (χ3v) is 3.85. The highest BCUT2D eigenvalue weighted by atomic mass is 79.9. The van der Waals surface area contributed by atoms with Crippen LogP contribution in [0.4, 0.5) is 0 Å². The minimum Gasteiger partial charge on any atom is -0.359 e. The SMILES string of the molecule is CNC(=O)Cc1ccc(-n2ncc3cc(Br)ccc32)cc1. The molecular weight excluding hydrogens is 330 g/mol. The minimum absolute atomic E-state index is 0.0112. The molecule has 1 aromatic heterocycles. The average molecular weight is 344 g/mol. The monoisotopic (exact) mass is 343 g/mol. The Kier molecular flexibility index (Phi) is 3.75. The number of hydrogen-bond donors (Lipinski definition) is 1. The van der Waals surface area contributed by atoms with Crippen LogP contribution in [0.5, 0.6) is 0 Å². The summed E-state index contributed by atoms with van der Waals surface area (Å²) in [6.07, 6.45) is 2.24. The van der Waals surface area contributed by atoms with Gasteiger partial charge in [-0.3, -0.25) is 4.79 Å². The van der Waals surface area contributed by atoms with Crippen LogP contribution in [-0.4, -0.2) is 22.7 Å². The van der Waals surface area contributed by atoms with Gasteiger partial charge in [-0.2, -0.15) is 5.10 Å². The maximum Gasteiger partial charge on any atom is 0.224 e. The number of likely N-dealkylation sites (N-methyl/N-ethyl adjacent to an activating group) is 1. The van der Waals surface area contributed by atoms with Crippen LogP contribution in [-0.2, 0) is 11.2 Å². The number of nitrogens with zero attached hydrogens (tertiary/aromatic N) is 2. The molecule has 0 aliphatic rings. The van der Waals surface area contributed by atoms with E-state index in [0.717, 1.165) is 26.6 Å². The van der Waals surface area contributed by atoms with Gasteiger partial charge in [-0.15, -0.1) is 0 Å². The number of amides is 1. The molecule has 0 unspecified atom stereocenters. The third-order valence-electron chi connectivity index (χ3n) is 3.35. The Morgan fingerprint density at radius 1 is 1.24 bits per heavy atom. The molecule has 106 valence electrons. The van der Waals surface area contributed by atoms with Crippen LogP contribution in [0.1, 0.15) is 5.56 Å². The number of benzene rings is 2. The van der Waals surface area contributed by atoms with Crippen molar-refractivity contribution in [1.29, 1.82) is 0 Å². The normalized spacial score (nSPS) is 10.8. The van der Waals surface area contributed by atoms with Crippen molar-refractivity contribution in [3.8, 4) is 5.69 Å². The second kappa shape index (κ2) is 5.69. The number of halogens is 1. The summed E-state index contributed by atoms with van der Waals surface area (Å²) in [5, 5.41) is 8.14. The molecule has 2 aromatic carbocycles. The minimum atomic E-state index is 0.0112. The van der Waals surface area contributed by atoms with Gasteiger partial charge < -0.3 is 5.32 Å². The molecule has 0 fully saturated rings. The first-order valence-electron chi connectivity index (χ1n) is 6.60. The van der Waals surface area contributed by atoms with Gasteiger partial charge in [0, 0.05) is 16.9 Å². The van der Waals surface area contributed by atoms with Crippen LogP contribution in [0.15, 0.2) is 53.1 Å². The third kappa shape index (κ3) is 2.83. The number of hydrogen-bond acceptors (Lipinski definition) is 2. The van der Waals surface area contributed by atoms with Crippen molar-refractivity contribution in [2.75, 3.05) is 7.05 Å². The van der Waals surface area contributed by atoms with E-state index in [-0.39, 0.29) is 5.91 Å². The first-order chi connectivity index (χ1) is 10.2. The molecule has 0 spiro atoms. The summed E-state index contributed by atoms with van der Waals surface area (Å²) in [5.41, 5.74) is 3.02. The Bertz CT molecular complexity index is 793. The molecule has 0 bridgehead atoms. The zero-order valence-electron chi connectivity index (χ0n) is 11.5. The predicted octanol–water partition coefficient (Wildman–Crippen LogP) is 3.08. The molecule has 0 atom stereocenters. The lowest BCUT2D eigenvalue weighted by molar-refractivity contribution is -0.119. The molecule has 1 heterocycles. The molecule has 21 heavy (non-hydrogen) atoms. The number of nitrogens with one attached hydrogen (secondary N) is 1. The predicted molar refractivity (Wildman–Crippen MR) is 86.5 cm³/mol. The lowest BCUT2D eigenvalue weighted by Crippen LogP contribution is -2.19. The quantitative estimate of drug-likeness (QED) is 0.794. The number of carbonyl (C=O) groups excluding carboxylic acids is 1. The van der Waals surface area contributed by atoms with Gasteiger partial charge in [0.1, 0.15) is 0 Å². The molecule has 1 N–H and O–H groups in total. The van der Waals surface area contributed by atoms with Gasteiger partial charge in [0.05, 0.1) is 23.8 Å². The Morgan fingerprint density at radius 2 is 2.00 bits per heavy atom. The molecule has 3 aromatic rings. The summed E-state index contributed by atoms with van der Waals surface area (Å²) in [6, 6.07) is 13.9. The fraction of sp³-hybridized carbons (Fsp3) is 0.125. The van der Waals surface area contributed by atoms with Gasteiger partial charge in [0.25, 0.3) is 0 Å². The van der Waals surface area contributed by atoms with E-state index in [2.05, 4.69) is 26.3 Å². The summed E-state index contributed by atoms with van der Waals surface area (Å²) in [5.74, 6) is 0.0112. The lowest BCUT2D eigenvalue weighted by Gasteiger charge is -2.05. The molecular formula is C16H14BrN3O. The van der Waals surface area contributed by atoms with Crippen molar-refractivity contribution in [2.24, 2.45) is 0 Å². The maximum absolute atomic E-state index is 11.4. The van der Waals surface area contributed by atoms with Crippen LogP contribution in [0.25, 0.3) is 16.6 Å². The molecule has 3 rings (SSSR count). The van der Waals surface area contributed by atoms with Crippen molar-refractivity contribution >= 4 is 32.7 Å². The summed E-state index contributed by atoms with van der Waals surface area (Å²) < 4.78 is 2.93. The van der Waals surface area contributed by atoms with Gasteiger partial charge in [-0.05, 0) is 35.9 Å². The van der Waals surface area contributed by atoms with Gasteiger partial charge in [0.15, 0.2) is 0 Å². The van der Waals surface area contributed by atoms with Crippen LogP contribution in [0.3, 0.4) is 0 Å². The number of fused-ring (bicyclic) bond motifs is 1. The zero-order valence-corrected chi connectivity index (χ0v) is 13.1. The summed E-state index contributed by atoms with van der Waals surface area (Å²) in [4.78, 5) is 11.4. The molecule has 0 saturated carbocycles. The summed E-state index contributed by atoms with van der Waals surface area (Å²) in [6.45, 7) is 0. The van der Waals surface area contributed by atoms with Gasteiger partial charge in [-0.1, -0.05) is 28.1 Å². The second-order valence-corrected chi connectivity index (χ2v) is 5.69. The van der Waals surface area contributed by atoms with Gasteiger partial charge in [0.2, 0.25) is 5.91 Å². The molecule has 0 aliphatic heterocycles. The zero-order chi connectivity index (χ0) is 14.8. The van der Waals surface area contributed by atoms with Crippen molar-refractivity contribution < 1.29 is 4.79 Å². The van der Waals surface area contributed by atoms with Crippen molar-refractivity contribution in [3.05, 3.63) is 58.7 Å². The van der Waals surface area contributed by atoms with Gasteiger partial charge in [-0.25, -0.2) is 4.68 Å². The smallest absolute Gasteiger partial charge is 0.224 e. The Balaban J connectivity index is 1.94. The topological polar surface area (TPSA) is 46.9 Å². The Morgan fingerprint density at radius 3 is 2.71 bits per heavy atom. The Labute approximate surface area is 130 Å². The largest absolute Gasteiger partial charge is 0.359 e. The van der Waals surface area contributed by atoms with E-state index >= 15 is 0 Å². The van der Waals surface area contributed by atoms with Crippen LogP contribution >= 0.6 is 15.9 Å². The van der Waals surface area contributed by atoms with Gasteiger partial charge >= 0.3 is 0 Å². The first-order valence-corrected chi connectivity index (χ1v) is 7.40. The average Bonchev–Trinajstić information content (AvgIpc) is 2.90. The van der Waals surface area contributed by atoms with E-state index in [9.17, 15) is 4.79 Å². The van der Waals surface area contributed by atoms with E-state index in [1.165, 1.54) is 0 Å². The number of carbonyl (C=O) groups is 1. The van der Waals surface area contributed by atoms with Crippen LogP contribution in [0.2, 0.25) is 0 Å². The van der Waals surface area contributed by atoms with E-state index < -0.39 is 0 Å². The number of rotatable bonds is 3. The molecule has 5 heteroatoms. The first kappa shape index (κ1) is 13.8. The standard InChI is InChI=1S/C16H14BrN3O/c1-18-16(21)8-11-2-5-14(6-3-11)20-15-7-4-13(17)9-12(15)10-19-20/h2-7,9-10H,8H2,1H3,(H,18,21). The Hall–Kier alpha value is -2.14. The van der Waals surface area contributed by atoms with Crippen molar-refractivity contribution in [3.63, 3.8) is 0 Å². The highest BCUT2D eigenvalue weighted by Gasteiger charge is 2.06. The highest BCUT2D eigenvalue weighted by molar-refractivity contribution is 9.10. The molecule has 0 saturated heterocycles. The highest BCUT2D eigenvalue weighted by Crippen LogP contribution is 2.22. The maximum atomic E-state index is 11.4. The number of aromatic nitrogens is 2. The molecule has 4 nitrogen and oxygen atoms in total. The summed E-state index contributed by atoms with van der Waals surface area (Å²) >= 11 is 3.46. The molecule has 0 aliphatic carbocycles. The molecule has 0 radical (unpaired) electrons. The van der Waals surface area contributed by atoms with E-state index in [1.807, 2.05) is 53.3 Å².